The van der Waals surface area contributed by atoms with Gasteiger partial charge in [-0.25, -0.2) is 9.97 Å². The number of benzene rings is 2. The van der Waals surface area contributed by atoms with Gasteiger partial charge in [0, 0.05) is 37.5 Å². The monoisotopic (exact) mass is 571 g/mol. The molecule has 0 spiro atoms. The number of ether oxygens (including phenoxy) is 2. The molecule has 34 heavy (non-hydrogen) atoms. The Morgan fingerprint density at radius 2 is 1.76 bits per heavy atom. The van der Waals surface area contributed by atoms with E-state index in [9.17, 15) is 0 Å². The highest BCUT2D eigenvalue weighted by Crippen LogP contribution is 2.23. The van der Waals surface area contributed by atoms with Crippen molar-refractivity contribution in [3.63, 3.8) is 0 Å². The van der Waals surface area contributed by atoms with E-state index in [2.05, 4.69) is 25.6 Å². The highest BCUT2D eigenvalue weighted by atomic mass is 127. The molecule has 0 fully saturated rings. The van der Waals surface area contributed by atoms with E-state index in [1.165, 1.54) is 0 Å². The van der Waals surface area contributed by atoms with Crippen LogP contribution >= 0.6 is 24.0 Å². The van der Waals surface area contributed by atoms with Gasteiger partial charge in [-0.2, -0.15) is 0 Å². The van der Waals surface area contributed by atoms with Crippen molar-refractivity contribution < 1.29 is 13.9 Å². The van der Waals surface area contributed by atoms with Crippen molar-refractivity contribution >= 4 is 29.9 Å². The molecule has 0 saturated heterocycles. The van der Waals surface area contributed by atoms with Crippen molar-refractivity contribution in [1.82, 2.24) is 20.6 Å². The van der Waals surface area contributed by atoms with E-state index in [4.69, 9.17) is 13.9 Å². The maximum Gasteiger partial charge on any atom is 0.226 e. The molecule has 0 unspecified atom stereocenters. The number of hydrogen-bond acceptors (Lipinski definition) is 6. The number of nitrogens with zero attached hydrogens (tertiary/aromatic N) is 3. The van der Waals surface area contributed by atoms with E-state index < -0.39 is 0 Å². The van der Waals surface area contributed by atoms with Crippen LogP contribution in [0.15, 0.2) is 88.6 Å². The van der Waals surface area contributed by atoms with Gasteiger partial charge in [0.05, 0.1) is 19.3 Å². The lowest BCUT2D eigenvalue weighted by Crippen LogP contribution is -2.36. The minimum Gasteiger partial charge on any atom is -0.497 e. The lowest BCUT2D eigenvalue weighted by Gasteiger charge is -2.11. The maximum atomic E-state index is 5.78. The number of methoxy groups -OCH3 is 1. The van der Waals surface area contributed by atoms with Crippen LogP contribution in [0.4, 0.5) is 0 Å². The molecule has 2 N–H and O–H groups in total. The molecule has 0 saturated carbocycles. The fourth-order valence-electron chi connectivity index (χ4n) is 3.04. The van der Waals surface area contributed by atoms with Gasteiger partial charge in [0.2, 0.25) is 11.8 Å². The van der Waals surface area contributed by atoms with E-state index >= 15 is 0 Å². The first kappa shape index (κ1) is 25.0. The Labute approximate surface area is 215 Å². The first-order valence-electron chi connectivity index (χ1n) is 10.4. The number of rotatable bonds is 8. The van der Waals surface area contributed by atoms with Gasteiger partial charge in [-0.15, -0.1) is 24.0 Å². The van der Waals surface area contributed by atoms with E-state index in [1.807, 2.05) is 66.7 Å². The molecule has 2 aromatic heterocycles. The molecular formula is C25H26IN5O3. The second kappa shape index (κ2) is 12.6. The molecule has 2 aromatic carbocycles. The van der Waals surface area contributed by atoms with Crippen LogP contribution in [0.3, 0.4) is 0 Å². The van der Waals surface area contributed by atoms with Crippen LogP contribution in [-0.4, -0.2) is 30.1 Å². The molecule has 0 aliphatic heterocycles. The minimum absolute atomic E-state index is 0. The second-order valence-corrected chi connectivity index (χ2v) is 7.08. The molecule has 9 heteroatoms. The number of nitrogens with one attached hydrogen (secondary N) is 2. The third-order valence-electron chi connectivity index (χ3n) is 4.75. The SMILES string of the molecule is CN=C(NCc1ccc(Oc2cccc(OC)c2)nc1)NCc1coc(-c2ccccc2)n1.I. The number of hydrogen-bond donors (Lipinski definition) is 2. The molecule has 0 radical (unpaired) electrons. The molecule has 0 bridgehead atoms. The number of oxazole rings is 1. The molecule has 8 nitrogen and oxygen atoms in total. The molecule has 4 aromatic rings. The summed E-state index contributed by atoms with van der Waals surface area (Å²) in [5.41, 5.74) is 2.72. The highest BCUT2D eigenvalue weighted by molar-refractivity contribution is 14.0. The van der Waals surface area contributed by atoms with Crippen LogP contribution < -0.4 is 20.1 Å². The van der Waals surface area contributed by atoms with Gasteiger partial charge in [0.15, 0.2) is 5.96 Å². The van der Waals surface area contributed by atoms with Gasteiger partial charge < -0.3 is 24.5 Å². The van der Waals surface area contributed by atoms with Gasteiger partial charge in [0.1, 0.15) is 17.8 Å². The minimum atomic E-state index is 0. The van der Waals surface area contributed by atoms with Gasteiger partial charge >= 0.3 is 0 Å². The van der Waals surface area contributed by atoms with Gasteiger partial charge in [-0.3, -0.25) is 4.99 Å². The van der Waals surface area contributed by atoms with E-state index in [0.717, 1.165) is 22.6 Å². The Balaban J connectivity index is 0.00000324. The number of pyridine rings is 1. The molecule has 0 amide bonds. The standard InChI is InChI=1S/C25H25N5O3.HI/c1-26-25(29-16-20-17-32-24(30-20)19-7-4-3-5-8-19)28-15-18-11-12-23(27-14-18)33-22-10-6-9-21(13-22)31-2;/h3-14,17H,15-16H2,1-2H3,(H2,26,28,29);1H. The average molecular weight is 571 g/mol. The van der Waals surface area contributed by atoms with Crippen LogP contribution in [0.5, 0.6) is 17.4 Å². The van der Waals surface area contributed by atoms with E-state index in [-0.39, 0.29) is 24.0 Å². The van der Waals surface area contributed by atoms with Crippen LogP contribution in [0.25, 0.3) is 11.5 Å². The largest absolute Gasteiger partial charge is 0.497 e. The van der Waals surface area contributed by atoms with Gasteiger partial charge in [-0.1, -0.05) is 30.3 Å². The topological polar surface area (TPSA) is 93.8 Å². The zero-order valence-corrected chi connectivity index (χ0v) is 21.2. The Kier molecular flexibility index (Phi) is 9.27. The predicted octanol–water partition coefficient (Wildman–Crippen LogP) is 5.02. The molecule has 4 rings (SSSR count). The number of aromatic nitrogens is 2. The third-order valence-corrected chi connectivity index (χ3v) is 4.75. The van der Waals surface area contributed by atoms with Crippen LogP contribution in [0, 0.1) is 0 Å². The zero-order valence-electron chi connectivity index (χ0n) is 18.9. The highest BCUT2D eigenvalue weighted by Gasteiger charge is 2.07. The Morgan fingerprint density at radius 1 is 0.971 bits per heavy atom. The Bertz CT molecular complexity index is 1200. The van der Waals surface area contributed by atoms with Crippen molar-refractivity contribution in [2.75, 3.05) is 14.2 Å². The van der Waals surface area contributed by atoms with Crippen LogP contribution in [-0.2, 0) is 13.1 Å². The van der Waals surface area contributed by atoms with Crippen LogP contribution in [0.2, 0.25) is 0 Å². The number of guanidine groups is 1. The number of aliphatic imine (C=N–C) groups is 1. The number of halogens is 1. The van der Waals surface area contributed by atoms with Crippen molar-refractivity contribution in [3.8, 4) is 28.8 Å². The Morgan fingerprint density at radius 3 is 2.50 bits per heavy atom. The Hall–Kier alpha value is -3.60. The summed E-state index contributed by atoms with van der Waals surface area (Å²) in [6, 6.07) is 21.0. The lowest BCUT2D eigenvalue weighted by atomic mass is 10.2. The quantitative estimate of drug-likeness (QED) is 0.174. The zero-order chi connectivity index (χ0) is 22.9. The summed E-state index contributed by atoms with van der Waals surface area (Å²) in [6.45, 7) is 1.04. The van der Waals surface area contributed by atoms with E-state index in [1.54, 1.807) is 26.6 Å². The van der Waals surface area contributed by atoms with Crippen molar-refractivity contribution in [2.45, 2.75) is 13.1 Å². The smallest absolute Gasteiger partial charge is 0.226 e. The first-order chi connectivity index (χ1) is 16.2. The summed E-state index contributed by atoms with van der Waals surface area (Å²) in [5, 5.41) is 6.50. The normalized spacial score (nSPS) is 10.8. The summed E-state index contributed by atoms with van der Waals surface area (Å²) in [6.07, 6.45) is 3.41. The third kappa shape index (κ3) is 6.95. The van der Waals surface area contributed by atoms with Crippen molar-refractivity contribution in [1.29, 1.82) is 0 Å². The first-order valence-corrected chi connectivity index (χ1v) is 10.4. The maximum absolute atomic E-state index is 5.78. The second-order valence-electron chi connectivity index (χ2n) is 7.08. The summed E-state index contributed by atoms with van der Waals surface area (Å²) in [4.78, 5) is 13.1. The summed E-state index contributed by atoms with van der Waals surface area (Å²) in [5.74, 6) is 3.15. The van der Waals surface area contributed by atoms with Crippen LogP contribution in [0.1, 0.15) is 11.3 Å². The summed E-state index contributed by atoms with van der Waals surface area (Å²) >= 11 is 0. The van der Waals surface area contributed by atoms with E-state index in [0.29, 0.717) is 36.6 Å². The van der Waals surface area contributed by atoms with Crippen molar-refractivity contribution in [2.24, 2.45) is 4.99 Å². The summed E-state index contributed by atoms with van der Waals surface area (Å²) in [7, 11) is 3.34. The molecule has 0 aliphatic rings. The van der Waals surface area contributed by atoms with Crippen molar-refractivity contribution in [3.05, 3.63) is 90.4 Å². The lowest BCUT2D eigenvalue weighted by molar-refractivity contribution is 0.407. The predicted molar refractivity (Wildman–Crippen MR) is 142 cm³/mol. The fraction of sp³-hybridized carbons (Fsp3) is 0.160. The fourth-order valence-corrected chi connectivity index (χ4v) is 3.04. The molecular weight excluding hydrogens is 545 g/mol. The summed E-state index contributed by atoms with van der Waals surface area (Å²) < 4.78 is 16.6. The van der Waals surface area contributed by atoms with Gasteiger partial charge in [0.25, 0.3) is 0 Å². The molecule has 0 atom stereocenters. The van der Waals surface area contributed by atoms with Gasteiger partial charge in [-0.05, 0) is 29.8 Å². The molecule has 2 heterocycles. The average Bonchev–Trinajstić information content (AvgIpc) is 3.35. The molecule has 176 valence electrons. The molecule has 0 aliphatic carbocycles.